The lowest BCUT2D eigenvalue weighted by Crippen LogP contribution is -2.71. The lowest BCUT2D eigenvalue weighted by molar-refractivity contribution is -0.324. The summed E-state index contributed by atoms with van der Waals surface area (Å²) in [5.41, 5.74) is 0. The van der Waals surface area contributed by atoms with Crippen LogP contribution >= 0.6 is 0 Å². The number of carbonyl (C=O) groups excluding carboxylic acids is 4. The van der Waals surface area contributed by atoms with Crippen LogP contribution in [0.1, 0.15) is 27.7 Å². The summed E-state index contributed by atoms with van der Waals surface area (Å²) in [6, 6.07) is 0. The molecule has 1 saturated heterocycles. The predicted octanol–water partition coefficient (Wildman–Crippen LogP) is -1.07. The van der Waals surface area contributed by atoms with Crippen molar-refractivity contribution in [2.45, 2.75) is 57.2 Å². The van der Waals surface area contributed by atoms with E-state index in [0.29, 0.717) is 0 Å². The minimum Gasteiger partial charge on any atom is -0.463 e. The average Bonchev–Trinajstić information content (AvgIpc) is 2.54. The lowest BCUT2D eigenvalue weighted by Gasteiger charge is -2.48. The second kappa shape index (κ2) is 9.47. The number of hydrogen-bond acceptors (Lipinski definition) is 12. The Balaban J connectivity index is 3.65. The number of rotatable bonds is 7. The Morgan fingerprint density at radius 3 is 1.76 bits per heavy atom. The van der Waals surface area contributed by atoms with Crippen LogP contribution < -0.4 is 0 Å². The Hall–Kier alpha value is -2.29. The Kier molecular flexibility index (Phi) is 8.08. The first kappa shape index (κ1) is 24.7. The van der Waals surface area contributed by atoms with E-state index in [1.165, 1.54) is 0 Å². The molecule has 0 aromatic rings. The molecule has 1 aliphatic heterocycles. The van der Waals surface area contributed by atoms with Gasteiger partial charge in [-0.15, -0.1) is 0 Å². The second-order valence-electron chi connectivity index (χ2n) is 5.92. The smallest absolute Gasteiger partial charge is 0.342 e. The summed E-state index contributed by atoms with van der Waals surface area (Å²) in [5.74, 6) is -3.73. The first-order valence-corrected chi connectivity index (χ1v) is 9.54. The van der Waals surface area contributed by atoms with E-state index in [9.17, 15) is 32.1 Å². The number of esters is 4. The molecule has 0 unspecified atom stereocenters. The summed E-state index contributed by atoms with van der Waals surface area (Å²) in [4.78, 5) is 45.9. The van der Waals surface area contributed by atoms with E-state index in [0.717, 1.165) is 34.8 Å². The van der Waals surface area contributed by atoms with Gasteiger partial charge in [-0.05, 0) is 0 Å². The third-order valence-electron chi connectivity index (χ3n) is 3.64. The van der Waals surface area contributed by atoms with Crippen molar-refractivity contribution in [1.82, 2.24) is 0 Å². The summed E-state index contributed by atoms with van der Waals surface area (Å²) < 4.78 is 64.0. The largest absolute Gasteiger partial charge is 0.463 e. The zero-order valence-corrected chi connectivity index (χ0v) is 17.1. The third kappa shape index (κ3) is 5.85. The van der Waals surface area contributed by atoms with Crippen molar-refractivity contribution < 1.29 is 60.6 Å². The first-order valence-electron chi connectivity index (χ1n) is 8.10. The Labute approximate surface area is 166 Å². The maximum atomic E-state index is 12.1. The van der Waals surface area contributed by atoms with Crippen molar-refractivity contribution in [3.8, 4) is 0 Å². The van der Waals surface area contributed by atoms with Gasteiger partial charge in [-0.1, -0.05) is 0 Å². The van der Waals surface area contributed by atoms with Gasteiger partial charge < -0.3 is 28.4 Å². The maximum absolute atomic E-state index is 12.1. The maximum Gasteiger partial charge on any atom is 0.342 e. The topological polar surface area (TPSA) is 178 Å². The molecule has 14 heteroatoms. The van der Waals surface area contributed by atoms with Gasteiger partial charge in [-0.25, -0.2) is 0 Å². The number of hydrogen-bond donors (Lipinski definition) is 1. The van der Waals surface area contributed by atoms with Gasteiger partial charge in [-0.3, -0.25) is 23.7 Å². The predicted molar refractivity (Wildman–Crippen MR) is 89.5 cm³/mol. The van der Waals surface area contributed by atoms with Crippen molar-refractivity contribution in [2.75, 3.05) is 13.7 Å². The standard InChI is InChI=1S/C15H22O13S/c1-7(16)24-6-11-12(25-8(2)17)13(26-9(3)18)14(27-10(4)19)15(23-5,28-11)29(20,21)22/h11-14H,6H2,1-5H3,(H,20,21,22)/t11-,12+,13+,14-,15+/m1/s1. The third-order valence-corrected chi connectivity index (χ3v) is 4.86. The fourth-order valence-electron chi connectivity index (χ4n) is 2.71. The SMILES string of the molecule is CO[C@]1(S(=O)(=O)O)O[C@H](COC(C)=O)[C@H](OC(C)=O)[C@H](OC(C)=O)[C@H]1OC(C)=O. The Morgan fingerprint density at radius 2 is 1.38 bits per heavy atom. The van der Waals surface area contributed by atoms with E-state index in [-0.39, 0.29) is 0 Å². The van der Waals surface area contributed by atoms with Crippen molar-refractivity contribution in [2.24, 2.45) is 0 Å². The quantitative estimate of drug-likeness (QED) is 0.286. The minimum atomic E-state index is -5.32. The van der Waals surface area contributed by atoms with Crippen LogP contribution in [0.25, 0.3) is 0 Å². The molecule has 0 aromatic heterocycles. The summed E-state index contributed by atoms with van der Waals surface area (Å²) >= 11 is 0. The lowest BCUT2D eigenvalue weighted by atomic mass is 9.97. The molecule has 166 valence electrons. The molecule has 0 amide bonds. The van der Waals surface area contributed by atoms with Gasteiger partial charge in [0.15, 0.2) is 12.2 Å². The molecule has 13 nitrogen and oxygen atoms in total. The molecule has 0 spiro atoms. The molecule has 1 fully saturated rings. The van der Waals surface area contributed by atoms with Gasteiger partial charge in [0, 0.05) is 34.8 Å². The van der Waals surface area contributed by atoms with Gasteiger partial charge in [-0.2, -0.15) is 8.42 Å². The van der Waals surface area contributed by atoms with Gasteiger partial charge in [0.25, 0.3) is 0 Å². The van der Waals surface area contributed by atoms with E-state index < -0.39 is 70.1 Å². The molecule has 1 aliphatic rings. The van der Waals surface area contributed by atoms with E-state index in [4.69, 9.17) is 28.4 Å². The highest BCUT2D eigenvalue weighted by Crippen LogP contribution is 2.39. The Bertz CT molecular complexity index is 760. The molecule has 1 heterocycles. The van der Waals surface area contributed by atoms with Crippen LogP contribution in [0.2, 0.25) is 0 Å². The van der Waals surface area contributed by atoms with Crippen molar-refractivity contribution in [3.05, 3.63) is 0 Å². The summed E-state index contributed by atoms with van der Waals surface area (Å²) in [6.07, 6.45) is -7.11. The van der Waals surface area contributed by atoms with Crippen LogP contribution in [-0.2, 0) is 57.7 Å². The molecule has 0 bridgehead atoms. The highest BCUT2D eigenvalue weighted by molar-refractivity contribution is 7.87. The van der Waals surface area contributed by atoms with Crippen LogP contribution in [-0.4, -0.2) is 80.1 Å². The number of ether oxygens (including phenoxy) is 6. The summed E-state index contributed by atoms with van der Waals surface area (Å²) in [6.45, 7) is 3.21. The summed E-state index contributed by atoms with van der Waals surface area (Å²) in [7, 11) is -4.51. The number of carbonyl (C=O) groups is 4. The molecule has 5 atom stereocenters. The van der Waals surface area contributed by atoms with Crippen LogP contribution in [0.15, 0.2) is 0 Å². The van der Waals surface area contributed by atoms with Gasteiger partial charge >= 0.3 is 39.1 Å². The monoisotopic (exact) mass is 442 g/mol. The Morgan fingerprint density at radius 1 is 0.897 bits per heavy atom. The van der Waals surface area contributed by atoms with Gasteiger partial charge in [0.1, 0.15) is 12.7 Å². The summed E-state index contributed by atoms with van der Waals surface area (Å²) in [5, 5.41) is -3.08. The molecule has 0 radical (unpaired) electrons. The van der Waals surface area contributed by atoms with E-state index >= 15 is 0 Å². The fraction of sp³-hybridized carbons (Fsp3) is 0.733. The second-order valence-corrected chi connectivity index (χ2v) is 7.44. The van der Waals surface area contributed by atoms with Crippen molar-refractivity contribution >= 4 is 34.0 Å². The van der Waals surface area contributed by atoms with E-state index in [1.807, 2.05) is 0 Å². The molecular formula is C15H22O13S. The molecule has 0 saturated carbocycles. The first-order chi connectivity index (χ1) is 13.2. The van der Waals surface area contributed by atoms with Crippen molar-refractivity contribution in [3.63, 3.8) is 0 Å². The van der Waals surface area contributed by atoms with Gasteiger partial charge in [0.2, 0.25) is 6.10 Å². The van der Waals surface area contributed by atoms with E-state index in [2.05, 4.69) is 0 Å². The molecular weight excluding hydrogens is 420 g/mol. The number of methoxy groups -OCH3 is 1. The van der Waals surface area contributed by atoms with E-state index in [1.54, 1.807) is 0 Å². The molecule has 1 N–H and O–H groups in total. The van der Waals surface area contributed by atoms with Crippen LogP contribution in [0.5, 0.6) is 0 Å². The molecule has 1 rings (SSSR count). The molecule has 29 heavy (non-hydrogen) atoms. The zero-order chi connectivity index (χ0) is 22.6. The highest BCUT2D eigenvalue weighted by atomic mass is 32.2. The normalized spacial score (nSPS) is 29.4. The fourth-order valence-corrected chi connectivity index (χ4v) is 3.64. The average molecular weight is 442 g/mol. The molecule has 0 aliphatic carbocycles. The minimum absolute atomic E-state index is 0.682. The molecule has 0 aromatic carbocycles. The van der Waals surface area contributed by atoms with Crippen LogP contribution in [0, 0.1) is 0 Å². The van der Waals surface area contributed by atoms with Crippen LogP contribution in [0.4, 0.5) is 0 Å². The highest BCUT2D eigenvalue weighted by Gasteiger charge is 2.67. The van der Waals surface area contributed by atoms with Gasteiger partial charge in [0.05, 0.1) is 0 Å². The van der Waals surface area contributed by atoms with Crippen molar-refractivity contribution in [1.29, 1.82) is 0 Å². The van der Waals surface area contributed by atoms with Crippen LogP contribution in [0.3, 0.4) is 0 Å². The zero-order valence-electron chi connectivity index (χ0n) is 16.3.